The molecule has 0 spiro atoms. The standard InChI is InChI=1S/C29H36N6O7/c1-16(2)25(28(40)34-24(29(41)42)12-18-5-9-21(37)10-6-18)35-27(39)23(13-19-14-31-15-32-19)33-26(38)22(30)11-17-3-7-20(36)8-4-17/h3-10,14-16,22-25,36-37H,11-13,30H2,1-2H3,(H,31,32)(H,33,38)(H,34,40)(H,35,39)(H,41,42). The number of rotatable bonds is 14. The summed E-state index contributed by atoms with van der Waals surface area (Å²) in [6.07, 6.45) is 3.05. The van der Waals surface area contributed by atoms with Crippen molar-refractivity contribution in [3.63, 3.8) is 0 Å². The Morgan fingerprint density at radius 3 is 1.83 bits per heavy atom. The van der Waals surface area contributed by atoms with Crippen LogP contribution in [0.5, 0.6) is 11.5 Å². The van der Waals surface area contributed by atoms with Crippen molar-refractivity contribution in [3.8, 4) is 11.5 Å². The lowest BCUT2D eigenvalue weighted by Crippen LogP contribution is -2.59. The van der Waals surface area contributed by atoms with Crippen LogP contribution in [0, 0.1) is 5.92 Å². The number of aromatic hydroxyl groups is 2. The fourth-order valence-corrected chi connectivity index (χ4v) is 4.20. The lowest BCUT2D eigenvalue weighted by molar-refractivity contribution is -0.142. The molecule has 0 saturated heterocycles. The van der Waals surface area contributed by atoms with E-state index >= 15 is 0 Å². The minimum absolute atomic E-state index is 0.0224. The lowest BCUT2D eigenvalue weighted by Gasteiger charge is -2.27. The van der Waals surface area contributed by atoms with Crippen LogP contribution in [0.25, 0.3) is 0 Å². The molecule has 0 aliphatic carbocycles. The van der Waals surface area contributed by atoms with Gasteiger partial charge in [0.15, 0.2) is 0 Å². The fraction of sp³-hybridized carbons (Fsp3) is 0.345. The third-order valence-corrected chi connectivity index (χ3v) is 6.58. The van der Waals surface area contributed by atoms with Crippen molar-refractivity contribution in [2.24, 2.45) is 11.7 Å². The zero-order chi connectivity index (χ0) is 30.8. The second kappa shape index (κ2) is 14.6. The molecule has 1 aromatic heterocycles. The number of aromatic amines is 1. The van der Waals surface area contributed by atoms with Crippen molar-refractivity contribution < 1.29 is 34.5 Å². The summed E-state index contributed by atoms with van der Waals surface area (Å²) in [4.78, 5) is 58.3. The number of imidazole rings is 1. The molecule has 4 unspecified atom stereocenters. The molecule has 1 heterocycles. The molecule has 0 aliphatic rings. The number of carbonyl (C=O) groups is 4. The van der Waals surface area contributed by atoms with Gasteiger partial charge in [0.05, 0.1) is 12.4 Å². The number of phenols is 2. The molecule has 0 saturated carbocycles. The molecule has 0 radical (unpaired) electrons. The number of nitrogens with zero attached hydrogens (tertiary/aromatic N) is 1. The number of aromatic nitrogens is 2. The largest absolute Gasteiger partial charge is 0.508 e. The van der Waals surface area contributed by atoms with Crippen LogP contribution in [0.4, 0.5) is 0 Å². The number of nitrogens with one attached hydrogen (secondary N) is 4. The maximum Gasteiger partial charge on any atom is 0.326 e. The van der Waals surface area contributed by atoms with Crippen molar-refractivity contribution in [1.82, 2.24) is 25.9 Å². The zero-order valence-corrected chi connectivity index (χ0v) is 23.3. The van der Waals surface area contributed by atoms with E-state index < -0.39 is 53.8 Å². The third kappa shape index (κ3) is 9.34. The number of hydrogen-bond donors (Lipinski definition) is 8. The first-order valence-electron chi connectivity index (χ1n) is 13.4. The highest BCUT2D eigenvalue weighted by Gasteiger charge is 2.32. The van der Waals surface area contributed by atoms with E-state index in [-0.39, 0.29) is 30.8 Å². The molecular formula is C29H36N6O7. The van der Waals surface area contributed by atoms with Gasteiger partial charge in [-0.25, -0.2) is 9.78 Å². The molecule has 3 amide bonds. The maximum atomic E-state index is 13.4. The van der Waals surface area contributed by atoms with E-state index in [9.17, 15) is 34.5 Å². The van der Waals surface area contributed by atoms with E-state index in [4.69, 9.17) is 5.73 Å². The normalized spacial score (nSPS) is 13.9. The van der Waals surface area contributed by atoms with Crippen molar-refractivity contribution in [3.05, 3.63) is 77.9 Å². The molecular weight excluding hydrogens is 544 g/mol. The predicted octanol–water partition coefficient (Wildman–Crippen LogP) is 0.371. The summed E-state index contributed by atoms with van der Waals surface area (Å²) < 4.78 is 0. The first-order valence-corrected chi connectivity index (χ1v) is 13.4. The van der Waals surface area contributed by atoms with E-state index in [2.05, 4.69) is 25.9 Å². The molecule has 42 heavy (non-hydrogen) atoms. The Bertz CT molecular complexity index is 1340. The van der Waals surface area contributed by atoms with Crippen LogP contribution in [-0.4, -0.2) is 73.1 Å². The number of benzene rings is 2. The van der Waals surface area contributed by atoms with Crippen LogP contribution < -0.4 is 21.7 Å². The molecule has 0 aliphatic heterocycles. The summed E-state index contributed by atoms with van der Waals surface area (Å²) in [6, 6.07) is 7.60. The zero-order valence-electron chi connectivity index (χ0n) is 23.3. The number of nitrogens with two attached hydrogens (primary N) is 1. The Morgan fingerprint density at radius 2 is 1.33 bits per heavy atom. The molecule has 13 nitrogen and oxygen atoms in total. The summed E-state index contributed by atoms with van der Waals surface area (Å²) in [6.45, 7) is 3.38. The van der Waals surface area contributed by atoms with Gasteiger partial charge in [0.25, 0.3) is 0 Å². The van der Waals surface area contributed by atoms with Gasteiger partial charge in [-0.2, -0.15) is 0 Å². The van der Waals surface area contributed by atoms with Gasteiger partial charge in [-0.1, -0.05) is 38.1 Å². The number of phenolic OH excluding ortho intramolecular Hbond substituents is 2. The Morgan fingerprint density at radius 1 is 0.786 bits per heavy atom. The first-order chi connectivity index (χ1) is 19.9. The highest BCUT2D eigenvalue weighted by Crippen LogP contribution is 2.13. The van der Waals surface area contributed by atoms with E-state index in [1.54, 1.807) is 38.1 Å². The maximum absolute atomic E-state index is 13.4. The first kappa shape index (κ1) is 31.6. The highest BCUT2D eigenvalue weighted by molar-refractivity contribution is 5.94. The molecule has 4 atom stereocenters. The van der Waals surface area contributed by atoms with Crippen molar-refractivity contribution in [2.75, 3.05) is 0 Å². The van der Waals surface area contributed by atoms with Gasteiger partial charge in [-0.15, -0.1) is 0 Å². The minimum atomic E-state index is -1.29. The minimum Gasteiger partial charge on any atom is -0.508 e. The van der Waals surface area contributed by atoms with Crippen LogP contribution in [0.3, 0.4) is 0 Å². The molecule has 2 aromatic carbocycles. The molecule has 224 valence electrons. The van der Waals surface area contributed by atoms with Gasteiger partial charge in [0, 0.05) is 24.7 Å². The van der Waals surface area contributed by atoms with Crippen LogP contribution >= 0.6 is 0 Å². The number of carboxylic acid groups (broad SMARTS) is 1. The fourth-order valence-electron chi connectivity index (χ4n) is 4.20. The average Bonchev–Trinajstić information content (AvgIpc) is 3.46. The van der Waals surface area contributed by atoms with Crippen LogP contribution in [0.1, 0.15) is 30.7 Å². The van der Waals surface area contributed by atoms with Gasteiger partial charge in [-0.05, 0) is 47.7 Å². The van der Waals surface area contributed by atoms with Crippen LogP contribution in [0.2, 0.25) is 0 Å². The number of carboxylic acids is 1. The summed E-state index contributed by atoms with van der Waals surface area (Å²) >= 11 is 0. The Balaban J connectivity index is 1.71. The quantitative estimate of drug-likeness (QED) is 0.132. The topological polar surface area (TPSA) is 220 Å². The van der Waals surface area contributed by atoms with Crippen molar-refractivity contribution in [1.29, 1.82) is 0 Å². The van der Waals surface area contributed by atoms with E-state index in [0.717, 1.165) is 0 Å². The predicted molar refractivity (Wildman–Crippen MR) is 152 cm³/mol. The summed E-state index contributed by atoms with van der Waals surface area (Å²) in [5.74, 6) is -3.58. The smallest absolute Gasteiger partial charge is 0.326 e. The van der Waals surface area contributed by atoms with Crippen LogP contribution in [-0.2, 0) is 38.4 Å². The second-order valence-electron chi connectivity index (χ2n) is 10.3. The molecule has 3 aromatic rings. The monoisotopic (exact) mass is 580 g/mol. The SMILES string of the molecule is CC(C)C(NC(=O)C(Cc1cnc[nH]1)NC(=O)C(N)Cc1ccc(O)cc1)C(=O)NC(Cc1ccc(O)cc1)C(=O)O. The summed E-state index contributed by atoms with van der Waals surface area (Å²) in [5.41, 5.74) is 7.94. The Kier molecular flexibility index (Phi) is 11.0. The molecule has 13 heteroatoms. The van der Waals surface area contributed by atoms with Gasteiger partial charge >= 0.3 is 5.97 Å². The Labute approximate surface area is 242 Å². The third-order valence-electron chi connectivity index (χ3n) is 6.58. The number of H-pyrrole nitrogens is 1. The molecule has 0 bridgehead atoms. The average molecular weight is 581 g/mol. The van der Waals surface area contributed by atoms with E-state index in [0.29, 0.717) is 16.8 Å². The van der Waals surface area contributed by atoms with Crippen molar-refractivity contribution in [2.45, 2.75) is 57.3 Å². The number of hydrogen-bond acceptors (Lipinski definition) is 8. The number of aliphatic carboxylic acids is 1. The van der Waals surface area contributed by atoms with E-state index in [1.807, 2.05) is 0 Å². The van der Waals surface area contributed by atoms with Gasteiger partial charge in [0.1, 0.15) is 29.6 Å². The summed E-state index contributed by atoms with van der Waals surface area (Å²) in [7, 11) is 0. The highest BCUT2D eigenvalue weighted by atomic mass is 16.4. The number of amides is 3. The summed E-state index contributed by atoms with van der Waals surface area (Å²) in [5, 5.41) is 36.4. The molecule has 9 N–H and O–H groups in total. The molecule has 0 fully saturated rings. The number of carbonyl (C=O) groups excluding carboxylic acids is 3. The van der Waals surface area contributed by atoms with Gasteiger partial charge in [-0.3, -0.25) is 14.4 Å². The van der Waals surface area contributed by atoms with Gasteiger partial charge in [0.2, 0.25) is 17.7 Å². The van der Waals surface area contributed by atoms with Crippen molar-refractivity contribution >= 4 is 23.7 Å². The van der Waals surface area contributed by atoms with Crippen LogP contribution in [0.15, 0.2) is 61.1 Å². The second-order valence-corrected chi connectivity index (χ2v) is 10.3. The molecule has 3 rings (SSSR count). The Hall–Kier alpha value is -4.91. The van der Waals surface area contributed by atoms with Gasteiger partial charge < -0.3 is 42.0 Å². The van der Waals surface area contributed by atoms with E-state index in [1.165, 1.54) is 36.8 Å². The lowest BCUT2D eigenvalue weighted by atomic mass is 10.00.